The van der Waals surface area contributed by atoms with Gasteiger partial charge in [-0.2, -0.15) is 4.89 Å². The second-order valence-corrected chi connectivity index (χ2v) is 6.24. The van der Waals surface area contributed by atoms with E-state index >= 15 is 0 Å². The summed E-state index contributed by atoms with van der Waals surface area (Å²) in [6.45, 7) is 9.48. The van der Waals surface area contributed by atoms with Crippen molar-refractivity contribution in [3.63, 3.8) is 0 Å². The van der Waals surface area contributed by atoms with Gasteiger partial charge in [-0.3, -0.25) is 0 Å². The van der Waals surface area contributed by atoms with Crippen molar-refractivity contribution >= 4 is 0 Å². The van der Waals surface area contributed by atoms with Gasteiger partial charge in [0.15, 0.2) is 0 Å². The van der Waals surface area contributed by atoms with Crippen LogP contribution in [0.3, 0.4) is 0 Å². The van der Waals surface area contributed by atoms with Crippen LogP contribution < -0.4 is 0 Å². The molecule has 3 heteroatoms. The molecule has 2 aliphatic rings. The zero-order valence-corrected chi connectivity index (χ0v) is 12.0. The van der Waals surface area contributed by atoms with Gasteiger partial charge < -0.3 is 4.74 Å². The minimum Gasteiger partial charge on any atom is -0.343 e. The Morgan fingerprint density at radius 3 is 2.78 bits per heavy atom. The van der Waals surface area contributed by atoms with Crippen LogP contribution in [0.15, 0.2) is 11.6 Å². The lowest BCUT2D eigenvalue weighted by atomic mass is 9.75. The standard InChI is InChI=1S/C15H26O3/c1-10(2)13-6-5-11(3)7-14(13)17-15-8-12(4)9-16-18-15/h8,10-11,13-15H,5-7,9H2,1-4H3/t11-,13+,14-,15?/m1/s1. The molecule has 0 N–H and O–H groups in total. The van der Waals surface area contributed by atoms with Crippen LogP contribution in [0.25, 0.3) is 0 Å². The minimum atomic E-state index is -0.324. The van der Waals surface area contributed by atoms with Gasteiger partial charge in [-0.25, -0.2) is 4.89 Å². The highest BCUT2D eigenvalue weighted by Gasteiger charge is 2.33. The van der Waals surface area contributed by atoms with E-state index in [-0.39, 0.29) is 6.29 Å². The fraction of sp³-hybridized carbons (Fsp3) is 0.867. The molecule has 1 heterocycles. The first-order valence-corrected chi connectivity index (χ1v) is 7.17. The number of rotatable bonds is 3. The molecule has 0 saturated heterocycles. The van der Waals surface area contributed by atoms with Crippen LogP contribution in [0.2, 0.25) is 0 Å². The lowest BCUT2D eigenvalue weighted by Gasteiger charge is -2.38. The maximum absolute atomic E-state index is 6.12. The number of hydrogen-bond donors (Lipinski definition) is 0. The first kappa shape index (κ1) is 14.0. The molecule has 3 nitrogen and oxygen atoms in total. The lowest BCUT2D eigenvalue weighted by Crippen LogP contribution is -2.38. The van der Waals surface area contributed by atoms with Crippen molar-refractivity contribution in [3.8, 4) is 0 Å². The normalized spacial score (nSPS) is 37.7. The van der Waals surface area contributed by atoms with E-state index in [9.17, 15) is 0 Å². The summed E-state index contributed by atoms with van der Waals surface area (Å²) in [6.07, 6.45) is 5.72. The van der Waals surface area contributed by atoms with E-state index in [4.69, 9.17) is 14.5 Å². The van der Waals surface area contributed by atoms with Gasteiger partial charge >= 0.3 is 0 Å². The Bertz CT molecular complexity index is 298. The molecule has 0 radical (unpaired) electrons. The van der Waals surface area contributed by atoms with Gasteiger partial charge in [0.25, 0.3) is 0 Å². The molecule has 1 fully saturated rings. The smallest absolute Gasteiger partial charge is 0.211 e. The van der Waals surface area contributed by atoms with Crippen molar-refractivity contribution in [2.24, 2.45) is 17.8 Å². The van der Waals surface area contributed by atoms with Gasteiger partial charge in [-0.05, 0) is 49.2 Å². The summed E-state index contributed by atoms with van der Waals surface area (Å²) >= 11 is 0. The second kappa shape index (κ2) is 6.18. The van der Waals surface area contributed by atoms with Crippen LogP contribution in [0.5, 0.6) is 0 Å². The third-order valence-corrected chi connectivity index (χ3v) is 4.14. The molecule has 0 aromatic rings. The molecule has 0 aromatic carbocycles. The van der Waals surface area contributed by atoms with Crippen molar-refractivity contribution < 1.29 is 14.5 Å². The van der Waals surface area contributed by atoms with Crippen molar-refractivity contribution in [2.45, 2.75) is 59.4 Å². The topological polar surface area (TPSA) is 27.7 Å². The number of hydrogen-bond acceptors (Lipinski definition) is 3. The highest BCUT2D eigenvalue weighted by Crippen LogP contribution is 2.36. The fourth-order valence-electron chi connectivity index (χ4n) is 3.01. The van der Waals surface area contributed by atoms with Crippen LogP contribution in [-0.4, -0.2) is 19.0 Å². The third kappa shape index (κ3) is 3.56. The third-order valence-electron chi connectivity index (χ3n) is 4.14. The molecule has 2 rings (SSSR count). The molecule has 1 unspecified atom stereocenters. The SMILES string of the molecule is CC1=CC(O[C@@H]2C[C@H](C)CC[C@H]2C(C)C)OOC1. The molecule has 0 aromatic heterocycles. The number of ether oxygens (including phenoxy) is 1. The van der Waals surface area contributed by atoms with Crippen molar-refractivity contribution in [1.82, 2.24) is 0 Å². The first-order valence-electron chi connectivity index (χ1n) is 7.17. The van der Waals surface area contributed by atoms with Crippen LogP contribution in [0.1, 0.15) is 47.0 Å². The van der Waals surface area contributed by atoms with E-state index in [2.05, 4.69) is 20.8 Å². The van der Waals surface area contributed by atoms with Crippen LogP contribution in [0.4, 0.5) is 0 Å². The molecular formula is C15H26O3. The predicted molar refractivity (Wildman–Crippen MR) is 70.8 cm³/mol. The molecule has 1 aliphatic carbocycles. The molecule has 18 heavy (non-hydrogen) atoms. The summed E-state index contributed by atoms with van der Waals surface area (Å²) in [5, 5.41) is 0. The van der Waals surface area contributed by atoms with Crippen LogP contribution >= 0.6 is 0 Å². The van der Waals surface area contributed by atoms with Gasteiger partial charge in [0, 0.05) is 0 Å². The highest BCUT2D eigenvalue weighted by molar-refractivity contribution is 5.01. The van der Waals surface area contributed by atoms with Gasteiger partial charge in [-0.1, -0.05) is 27.2 Å². The van der Waals surface area contributed by atoms with E-state index in [1.807, 2.05) is 13.0 Å². The molecule has 4 atom stereocenters. The van der Waals surface area contributed by atoms with Gasteiger partial charge in [0.2, 0.25) is 6.29 Å². The molecule has 0 bridgehead atoms. The minimum absolute atomic E-state index is 0.296. The Morgan fingerprint density at radius 2 is 2.11 bits per heavy atom. The van der Waals surface area contributed by atoms with E-state index in [1.165, 1.54) is 18.4 Å². The van der Waals surface area contributed by atoms with E-state index in [0.29, 0.717) is 24.5 Å². The van der Waals surface area contributed by atoms with Crippen molar-refractivity contribution in [2.75, 3.05) is 6.61 Å². The Hall–Kier alpha value is -0.380. The Morgan fingerprint density at radius 1 is 1.33 bits per heavy atom. The zero-order chi connectivity index (χ0) is 13.1. The van der Waals surface area contributed by atoms with E-state index in [0.717, 1.165) is 12.3 Å². The zero-order valence-electron chi connectivity index (χ0n) is 12.0. The average molecular weight is 254 g/mol. The molecule has 1 saturated carbocycles. The highest BCUT2D eigenvalue weighted by atomic mass is 17.2. The maximum atomic E-state index is 6.12. The van der Waals surface area contributed by atoms with Crippen molar-refractivity contribution in [1.29, 1.82) is 0 Å². The summed E-state index contributed by atoms with van der Waals surface area (Å²) in [5.74, 6) is 2.05. The Balaban J connectivity index is 1.97. The monoisotopic (exact) mass is 254 g/mol. The van der Waals surface area contributed by atoms with E-state index < -0.39 is 0 Å². The van der Waals surface area contributed by atoms with Gasteiger partial charge in [0.1, 0.15) is 6.61 Å². The Kier molecular flexibility index (Phi) is 4.82. The van der Waals surface area contributed by atoms with Gasteiger partial charge in [0.05, 0.1) is 6.10 Å². The maximum Gasteiger partial charge on any atom is 0.211 e. The average Bonchev–Trinajstić information content (AvgIpc) is 2.28. The van der Waals surface area contributed by atoms with Gasteiger partial charge in [-0.15, -0.1) is 0 Å². The Labute approximate surface area is 110 Å². The van der Waals surface area contributed by atoms with E-state index in [1.54, 1.807) is 0 Å². The van der Waals surface area contributed by atoms with Crippen molar-refractivity contribution in [3.05, 3.63) is 11.6 Å². The predicted octanol–water partition coefficient (Wildman–Crippen LogP) is 3.70. The quantitative estimate of drug-likeness (QED) is 0.568. The summed E-state index contributed by atoms with van der Waals surface area (Å²) in [7, 11) is 0. The molecular weight excluding hydrogens is 228 g/mol. The van der Waals surface area contributed by atoms with Crippen LogP contribution in [-0.2, 0) is 14.5 Å². The molecule has 1 aliphatic heterocycles. The molecule has 104 valence electrons. The summed E-state index contributed by atoms with van der Waals surface area (Å²) in [5.41, 5.74) is 1.18. The fourth-order valence-corrected chi connectivity index (χ4v) is 3.01. The molecule has 0 spiro atoms. The second-order valence-electron chi connectivity index (χ2n) is 6.24. The first-order chi connectivity index (χ1) is 8.56. The largest absolute Gasteiger partial charge is 0.343 e. The van der Waals surface area contributed by atoms with Crippen LogP contribution in [0, 0.1) is 17.8 Å². The molecule has 0 amide bonds. The summed E-state index contributed by atoms with van der Waals surface area (Å²) in [4.78, 5) is 10.3. The summed E-state index contributed by atoms with van der Waals surface area (Å²) in [6, 6.07) is 0. The summed E-state index contributed by atoms with van der Waals surface area (Å²) < 4.78 is 6.12. The lowest BCUT2D eigenvalue weighted by molar-refractivity contribution is -0.377.